The summed E-state index contributed by atoms with van der Waals surface area (Å²) < 4.78 is 38.3. The van der Waals surface area contributed by atoms with Crippen LogP contribution in [-0.2, 0) is 6.18 Å². The van der Waals surface area contributed by atoms with Crippen molar-refractivity contribution < 1.29 is 13.2 Å². The Bertz CT molecular complexity index is 613. The molecule has 0 fully saturated rings. The molecule has 0 N–H and O–H groups in total. The summed E-state index contributed by atoms with van der Waals surface area (Å²) in [7, 11) is 0. The minimum atomic E-state index is -4.38. The van der Waals surface area contributed by atoms with E-state index in [1.54, 1.807) is 12.1 Å². The number of rotatable bonds is 1. The van der Waals surface area contributed by atoms with E-state index in [0.29, 0.717) is 11.1 Å². The fourth-order valence-corrected chi connectivity index (χ4v) is 1.79. The van der Waals surface area contributed by atoms with E-state index in [0.717, 1.165) is 6.07 Å². The number of aliphatic imine (C=N–C) groups is 1. The van der Waals surface area contributed by atoms with Crippen LogP contribution >= 0.6 is 12.2 Å². The third-order valence-corrected chi connectivity index (χ3v) is 2.46. The summed E-state index contributed by atoms with van der Waals surface area (Å²) in [6.45, 7) is 0. The molecule has 0 aliphatic rings. The van der Waals surface area contributed by atoms with Crippen molar-refractivity contribution in [2.24, 2.45) is 4.99 Å². The van der Waals surface area contributed by atoms with E-state index in [4.69, 9.17) is 0 Å². The van der Waals surface area contributed by atoms with E-state index in [1.807, 2.05) is 0 Å². The van der Waals surface area contributed by atoms with Crippen LogP contribution in [0.15, 0.2) is 41.4 Å². The first-order chi connectivity index (χ1) is 8.04. The van der Waals surface area contributed by atoms with Gasteiger partial charge in [0.15, 0.2) is 0 Å². The van der Waals surface area contributed by atoms with Crippen LogP contribution < -0.4 is 0 Å². The number of halogens is 3. The van der Waals surface area contributed by atoms with E-state index in [9.17, 15) is 13.2 Å². The summed E-state index contributed by atoms with van der Waals surface area (Å²) in [5.41, 5.74) is -0.278. The standard InChI is InChI=1S/C12H6F3NS/c13-12(14,15)10-5-1-4-9-8(10)3-2-6-11(9)16-7-17/h1-6H. The van der Waals surface area contributed by atoms with Gasteiger partial charge in [-0.15, -0.1) is 0 Å². The Balaban J connectivity index is 2.83. The average Bonchev–Trinajstić information content (AvgIpc) is 2.28. The largest absolute Gasteiger partial charge is 0.417 e. The molecule has 1 nitrogen and oxygen atoms in total. The summed E-state index contributed by atoms with van der Waals surface area (Å²) in [5, 5.41) is 2.69. The molecule has 0 atom stereocenters. The Morgan fingerprint density at radius 3 is 2.29 bits per heavy atom. The number of isothiocyanates is 1. The maximum absolute atomic E-state index is 12.8. The maximum Gasteiger partial charge on any atom is 0.417 e. The molecule has 0 saturated heterocycles. The summed E-state index contributed by atoms with van der Waals surface area (Å²) in [5.74, 6) is 0. The third kappa shape index (κ3) is 2.20. The lowest BCUT2D eigenvalue weighted by atomic mass is 10.0. The summed E-state index contributed by atoms with van der Waals surface area (Å²) >= 11 is 4.46. The predicted octanol–water partition coefficient (Wildman–Crippen LogP) is 4.59. The third-order valence-electron chi connectivity index (χ3n) is 2.37. The molecule has 2 rings (SSSR count). The Labute approximate surface area is 101 Å². The average molecular weight is 253 g/mol. The molecule has 17 heavy (non-hydrogen) atoms. The van der Waals surface area contributed by atoms with Gasteiger partial charge in [-0.05, 0) is 29.7 Å². The molecule has 0 aromatic heterocycles. The lowest BCUT2D eigenvalue weighted by molar-refractivity contribution is -0.136. The van der Waals surface area contributed by atoms with Crippen molar-refractivity contribution in [2.75, 3.05) is 0 Å². The van der Waals surface area contributed by atoms with Crippen LogP contribution in [0.5, 0.6) is 0 Å². The second-order valence-electron chi connectivity index (χ2n) is 3.38. The zero-order valence-corrected chi connectivity index (χ0v) is 9.27. The van der Waals surface area contributed by atoms with Gasteiger partial charge < -0.3 is 0 Å². The lowest BCUT2D eigenvalue weighted by Gasteiger charge is -2.10. The molecule has 0 amide bonds. The minimum absolute atomic E-state index is 0.117. The van der Waals surface area contributed by atoms with E-state index >= 15 is 0 Å². The van der Waals surface area contributed by atoms with Crippen molar-refractivity contribution in [3.8, 4) is 0 Å². The number of hydrogen-bond acceptors (Lipinski definition) is 2. The number of hydrogen-bond donors (Lipinski definition) is 0. The number of alkyl halides is 3. The van der Waals surface area contributed by atoms with Gasteiger partial charge in [0.2, 0.25) is 0 Å². The van der Waals surface area contributed by atoms with Crippen molar-refractivity contribution >= 4 is 33.8 Å². The summed E-state index contributed by atoms with van der Waals surface area (Å²) in [6.07, 6.45) is -4.38. The van der Waals surface area contributed by atoms with Crippen LogP contribution in [0.4, 0.5) is 18.9 Å². The molecule has 5 heteroatoms. The van der Waals surface area contributed by atoms with E-state index < -0.39 is 11.7 Å². The topological polar surface area (TPSA) is 12.4 Å². The molecule has 0 aliphatic carbocycles. The zero-order valence-electron chi connectivity index (χ0n) is 8.45. The Hall–Kier alpha value is -1.71. The van der Waals surface area contributed by atoms with Crippen LogP contribution in [0.25, 0.3) is 10.8 Å². The molecule has 0 aliphatic heterocycles. The van der Waals surface area contributed by atoms with Crippen LogP contribution in [0.3, 0.4) is 0 Å². The second-order valence-corrected chi connectivity index (χ2v) is 3.56. The smallest absolute Gasteiger partial charge is 0.194 e. The highest BCUT2D eigenvalue weighted by Gasteiger charge is 2.32. The maximum atomic E-state index is 12.8. The monoisotopic (exact) mass is 253 g/mol. The molecule has 0 bridgehead atoms. The van der Waals surface area contributed by atoms with Gasteiger partial charge in [-0.1, -0.05) is 24.3 Å². The first kappa shape index (κ1) is 11.8. The fourth-order valence-electron chi connectivity index (χ4n) is 1.69. The first-order valence-electron chi connectivity index (χ1n) is 4.71. The van der Waals surface area contributed by atoms with Gasteiger partial charge in [0.25, 0.3) is 0 Å². The van der Waals surface area contributed by atoms with Gasteiger partial charge in [0, 0.05) is 5.39 Å². The molecule has 0 spiro atoms. The van der Waals surface area contributed by atoms with Gasteiger partial charge in [0.1, 0.15) is 0 Å². The molecular weight excluding hydrogens is 247 g/mol. The highest BCUT2D eigenvalue weighted by Crippen LogP contribution is 2.37. The van der Waals surface area contributed by atoms with Gasteiger partial charge in [0.05, 0.1) is 16.4 Å². The van der Waals surface area contributed by atoms with Gasteiger partial charge in [-0.25, -0.2) is 0 Å². The molecule has 0 saturated carbocycles. The highest BCUT2D eigenvalue weighted by molar-refractivity contribution is 7.78. The van der Waals surface area contributed by atoms with Gasteiger partial charge in [-0.2, -0.15) is 18.2 Å². The van der Waals surface area contributed by atoms with Crippen molar-refractivity contribution in [3.63, 3.8) is 0 Å². The van der Waals surface area contributed by atoms with Crippen LogP contribution in [0, 0.1) is 0 Å². The lowest BCUT2D eigenvalue weighted by Crippen LogP contribution is -2.05. The molecule has 86 valence electrons. The Kier molecular flexibility index (Phi) is 2.96. The number of fused-ring (bicyclic) bond motifs is 1. The molecule has 0 radical (unpaired) electrons. The summed E-state index contributed by atoms with van der Waals surface area (Å²) in [4.78, 5) is 3.76. The van der Waals surface area contributed by atoms with Gasteiger partial charge >= 0.3 is 6.18 Å². The van der Waals surface area contributed by atoms with Crippen molar-refractivity contribution in [1.82, 2.24) is 0 Å². The van der Waals surface area contributed by atoms with Crippen LogP contribution in [0.1, 0.15) is 5.56 Å². The normalized spacial score (nSPS) is 11.2. The number of thiocarbonyl (C=S) groups is 1. The summed E-state index contributed by atoms with van der Waals surface area (Å²) in [6, 6.07) is 8.52. The van der Waals surface area contributed by atoms with Crippen LogP contribution in [-0.4, -0.2) is 5.16 Å². The SMILES string of the molecule is FC(F)(F)c1cccc2c(N=C=S)cccc12. The number of benzene rings is 2. The quantitative estimate of drug-likeness (QED) is 0.534. The van der Waals surface area contributed by atoms with Crippen molar-refractivity contribution in [3.05, 3.63) is 42.0 Å². The second kappa shape index (κ2) is 4.28. The predicted molar refractivity (Wildman–Crippen MR) is 63.6 cm³/mol. The van der Waals surface area contributed by atoms with Gasteiger partial charge in [-0.3, -0.25) is 0 Å². The molecule has 2 aromatic rings. The Morgan fingerprint density at radius 1 is 1.00 bits per heavy atom. The number of nitrogens with zero attached hydrogens (tertiary/aromatic N) is 1. The van der Waals surface area contributed by atoms with E-state index in [2.05, 4.69) is 22.4 Å². The molecule has 2 aromatic carbocycles. The minimum Gasteiger partial charge on any atom is -0.194 e. The molecule has 0 unspecified atom stereocenters. The van der Waals surface area contributed by atoms with Crippen molar-refractivity contribution in [2.45, 2.75) is 6.18 Å². The first-order valence-corrected chi connectivity index (χ1v) is 5.11. The zero-order chi connectivity index (χ0) is 12.5. The van der Waals surface area contributed by atoms with E-state index in [-0.39, 0.29) is 5.39 Å². The molecule has 0 heterocycles. The van der Waals surface area contributed by atoms with Crippen LogP contribution in [0.2, 0.25) is 0 Å². The van der Waals surface area contributed by atoms with E-state index in [1.165, 1.54) is 18.2 Å². The fraction of sp³-hybridized carbons (Fsp3) is 0.0833. The Morgan fingerprint density at radius 2 is 1.65 bits per heavy atom. The molecular formula is C12H6F3NS. The van der Waals surface area contributed by atoms with Crippen molar-refractivity contribution in [1.29, 1.82) is 0 Å². The highest BCUT2D eigenvalue weighted by atomic mass is 32.1.